The van der Waals surface area contributed by atoms with Crippen LogP contribution in [-0.4, -0.2) is 31.6 Å². The number of imidazole rings is 1. The van der Waals surface area contributed by atoms with Gasteiger partial charge in [0.25, 0.3) is 5.56 Å². The number of aromatic nitrogens is 3. The highest BCUT2D eigenvalue weighted by atomic mass is 35.5. The number of hydrogen-bond donors (Lipinski definition) is 2. The molecule has 0 aliphatic heterocycles. The van der Waals surface area contributed by atoms with Crippen molar-refractivity contribution in [3.8, 4) is 11.3 Å². The number of carbonyl (C=O) groups is 1. The lowest BCUT2D eigenvalue weighted by Gasteiger charge is -2.15. The van der Waals surface area contributed by atoms with E-state index in [2.05, 4.69) is 17.2 Å². The van der Waals surface area contributed by atoms with Gasteiger partial charge in [-0.2, -0.15) is 0 Å². The van der Waals surface area contributed by atoms with Gasteiger partial charge in [0.2, 0.25) is 5.78 Å². The molecule has 0 radical (unpaired) electrons. The van der Waals surface area contributed by atoms with Crippen molar-refractivity contribution in [1.29, 1.82) is 0 Å². The third-order valence-corrected chi connectivity index (χ3v) is 4.52. The van der Waals surface area contributed by atoms with Gasteiger partial charge in [0.15, 0.2) is 0 Å². The van der Waals surface area contributed by atoms with Crippen molar-refractivity contribution in [2.75, 3.05) is 11.9 Å². The van der Waals surface area contributed by atoms with Crippen LogP contribution in [0.3, 0.4) is 0 Å². The molecule has 0 spiro atoms. The van der Waals surface area contributed by atoms with E-state index in [0.717, 1.165) is 24.8 Å². The standard InChI is InChI=1S/C19H21ClN4O3/c1-2-3-4-9-23-16(21-11-18(26)27)10-17(25)24-12-15(22-19(23)24)13-5-7-14(20)8-6-13/h5-8,10,12,21H,2-4,9,11H2,1H3,(H,26,27). The minimum absolute atomic E-state index is 0.266. The summed E-state index contributed by atoms with van der Waals surface area (Å²) < 4.78 is 3.35. The van der Waals surface area contributed by atoms with E-state index in [0.29, 0.717) is 28.9 Å². The maximum Gasteiger partial charge on any atom is 0.322 e. The van der Waals surface area contributed by atoms with Crippen LogP contribution in [0, 0.1) is 0 Å². The number of halogens is 1. The van der Waals surface area contributed by atoms with Gasteiger partial charge in [0.05, 0.1) is 5.69 Å². The first-order valence-electron chi connectivity index (χ1n) is 8.84. The number of carboxylic acids is 1. The van der Waals surface area contributed by atoms with E-state index >= 15 is 0 Å². The molecule has 0 saturated carbocycles. The van der Waals surface area contributed by atoms with Crippen molar-refractivity contribution in [2.24, 2.45) is 0 Å². The van der Waals surface area contributed by atoms with Gasteiger partial charge >= 0.3 is 5.97 Å². The average molecular weight is 389 g/mol. The minimum atomic E-state index is -0.993. The van der Waals surface area contributed by atoms with Crippen molar-refractivity contribution in [3.63, 3.8) is 0 Å². The summed E-state index contributed by atoms with van der Waals surface area (Å²) in [5.41, 5.74) is 1.24. The van der Waals surface area contributed by atoms with Crippen LogP contribution in [0.1, 0.15) is 26.2 Å². The van der Waals surface area contributed by atoms with Crippen LogP contribution in [-0.2, 0) is 11.3 Å². The number of anilines is 1. The van der Waals surface area contributed by atoms with Crippen LogP contribution in [0.25, 0.3) is 17.0 Å². The number of rotatable bonds is 8. The monoisotopic (exact) mass is 388 g/mol. The molecule has 0 aliphatic rings. The molecule has 3 rings (SSSR count). The zero-order valence-electron chi connectivity index (χ0n) is 15.0. The summed E-state index contributed by atoms with van der Waals surface area (Å²) in [6.07, 6.45) is 4.68. The lowest BCUT2D eigenvalue weighted by Crippen LogP contribution is -2.23. The van der Waals surface area contributed by atoms with Crippen LogP contribution in [0.4, 0.5) is 5.82 Å². The van der Waals surface area contributed by atoms with Crippen LogP contribution in [0.2, 0.25) is 5.02 Å². The van der Waals surface area contributed by atoms with Crippen LogP contribution in [0.5, 0.6) is 0 Å². The van der Waals surface area contributed by atoms with E-state index in [1.54, 1.807) is 18.3 Å². The van der Waals surface area contributed by atoms with Gasteiger partial charge in [0.1, 0.15) is 12.4 Å². The lowest BCUT2D eigenvalue weighted by atomic mass is 10.2. The fraction of sp³-hybridized carbons (Fsp3) is 0.316. The molecule has 8 heteroatoms. The van der Waals surface area contributed by atoms with Crippen molar-refractivity contribution in [1.82, 2.24) is 14.0 Å². The molecule has 0 saturated heterocycles. The average Bonchev–Trinajstić information content (AvgIpc) is 3.08. The maximum atomic E-state index is 12.5. The molecule has 2 N–H and O–H groups in total. The topological polar surface area (TPSA) is 88.6 Å². The molecule has 0 aliphatic carbocycles. The molecule has 7 nitrogen and oxygen atoms in total. The van der Waals surface area contributed by atoms with Gasteiger partial charge in [-0.3, -0.25) is 18.6 Å². The van der Waals surface area contributed by atoms with Gasteiger partial charge in [-0.25, -0.2) is 4.98 Å². The molecule has 0 unspecified atom stereocenters. The van der Waals surface area contributed by atoms with Crippen LogP contribution >= 0.6 is 11.6 Å². The number of fused-ring (bicyclic) bond motifs is 1. The van der Waals surface area contributed by atoms with E-state index in [9.17, 15) is 9.59 Å². The first-order chi connectivity index (χ1) is 13.0. The fourth-order valence-corrected chi connectivity index (χ4v) is 3.03. The number of aliphatic carboxylic acids is 1. The number of aryl methyl sites for hydroxylation is 1. The Balaban J connectivity index is 2.09. The lowest BCUT2D eigenvalue weighted by molar-refractivity contribution is -0.134. The summed E-state index contributed by atoms with van der Waals surface area (Å²) in [7, 11) is 0. The minimum Gasteiger partial charge on any atom is -0.480 e. The molecule has 3 aromatic rings. The second-order valence-corrected chi connectivity index (χ2v) is 6.71. The highest BCUT2D eigenvalue weighted by Crippen LogP contribution is 2.22. The molecular weight excluding hydrogens is 368 g/mol. The Morgan fingerprint density at radius 2 is 2.00 bits per heavy atom. The van der Waals surface area contributed by atoms with E-state index < -0.39 is 5.97 Å². The maximum absolute atomic E-state index is 12.5. The zero-order valence-corrected chi connectivity index (χ0v) is 15.7. The molecule has 0 atom stereocenters. The SMILES string of the molecule is CCCCCn1c(NCC(=O)O)cc(=O)n2cc(-c3ccc(Cl)cc3)nc12. The van der Waals surface area contributed by atoms with Gasteiger partial charge in [-0.05, 0) is 18.6 Å². The largest absolute Gasteiger partial charge is 0.480 e. The summed E-state index contributed by atoms with van der Waals surface area (Å²) in [5.74, 6) is -0.0525. The summed E-state index contributed by atoms with van der Waals surface area (Å²) in [5, 5.41) is 12.4. The third kappa shape index (κ3) is 4.31. The van der Waals surface area contributed by atoms with E-state index in [1.165, 1.54) is 10.5 Å². The zero-order chi connectivity index (χ0) is 19.4. The van der Waals surface area contributed by atoms with Crippen molar-refractivity contribution < 1.29 is 9.90 Å². The number of carboxylic acid groups (broad SMARTS) is 1. The Morgan fingerprint density at radius 3 is 2.67 bits per heavy atom. The normalized spacial score (nSPS) is 11.0. The molecular formula is C19H21ClN4O3. The van der Waals surface area contributed by atoms with E-state index in [1.807, 2.05) is 16.7 Å². The molecule has 2 aromatic heterocycles. The second-order valence-electron chi connectivity index (χ2n) is 6.28. The highest BCUT2D eigenvalue weighted by molar-refractivity contribution is 6.30. The van der Waals surface area contributed by atoms with Gasteiger partial charge in [0, 0.05) is 29.4 Å². The molecule has 0 bridgehead atoms. The quantitative estimate of drug-likeness (QED) is 0.576. The number of benzene rings is 1. The Labute approximate surface area is 161 Å². The number of hydrogen-bond acceptors (Lipinski definition) is 4. The second kappa shape index (κ2) is 8.26. The number of unbranched alkanes of at least 4 members (excludes halogenated alkanes) is 2. The first-order valence-corrected chi connectivity index (χ1v) is 9.22. The molecule has 27 heavy (non-hydrogen) atoms. The van der Waals surface area contributed by atoms with Crippen LogP contribution in [0.15, 0.2) is 41.3 Å². The van der Waals surface area contributed by atoms with Gasteiger partial charge < -0.3 is 10.4 Å². The van der Waals surface area contributed by atoms with Crippen molar-refractivity contribution in [2.45, 2.75) is 32.7 Å². The fourth-order valence-electron chi connectivity index (χ4n) is 2.91. The van der Waals surface area contributed by atoms with Crippen molar-refractivity contribution >= 4 is 29.2 Å². The van der Waals surface area contributed by atoms with Gasteiger partial charge in [-0.15, -0.1) is 0 Å². The number of nitrogens with one attached hydrogen (secondary N) is 1. The summed E-state index contributed by atoms with van der Waals surface area (Å²) in [4.78, 5) is 28.1. The van der Waals surface area contributed by atoms with E-state index in [4.69, 9.17) is 16.7 Å². The predicted octanol–water partition coefficient (Wildman–Crippen LogP) is 3.50. The molecule has 142 valence electrons. The Kier molecular flexibility index (Phi) is 5.81. The molecule has 2 heterocycles. The smallest absolute Gasteiger partial charge is 0.322 e. The molecule has 1 aromatic carbocycles. The predicted molar refractivity (Wildman–Crippen MR) is 106 cm³/mol. The Hall–Kier alpha value is -2.80. The highest BCUT2D eigenvalue weighted by Gasteiger charge is 2.14. The molecule has 0 amide bonds. The summed E-state index contributed by atoms with van der Waals surface area (Å²) in [6.45, 7) is 2.48. The third-order valence-electron chi connectivity index (χ3n) is 4.26. The Bertz CT molecular complexity index is 1010. The van der Waals surface area contributed by atoms with Crippen molar-refractivity contribution in [3.05, 3.63) is 51.9 Å². The number of nitrogens with zero attached hydrogens (tertiary/aromatic N) is 3. The summed E-state index contributed by atoms with van der Waals surface area (Å²) >= 11 is 5.94. The van der Waals surface area contributed by atoms with Gasteiger partial charge in [-0.1, -0.05) is 43.5 Å². The van der Waals surface area contributed by atoms with E-state index in [-0.39, 0.29) is 12.1 Å². The first kappa shape index (κ1) is 19.0. The van der Waals surface area contributed by atoms with Crippen LogP contribution < -0.4 is 10.9 Å². The molecule has 0 fully saturated rings. The Morgan fingerprint density at radius 1 is 1.26 bits per heavy atom. The summed E-state index contributed by atoms with van der Waals surface area (Å²) in [6, 6.07) is 8.65.